The Morgan fingerprint density at radius 3 is 2.50 bits per heavy atom. The van der Waals surface area contributed by atoms with Gasteiger partial charge in [0.2, 0.25) is 11.8 Å². The average Bonchev–Trinajstić information content (AvgIpc) is 2.59. The summed E-state index contributed by atoms with van der Waals surface area (Å²) in [4.78, 5) is 35.4. The lowest BCUT2D eigenvalue weighted by Crippen LogP contribution is -2.33. The van der Waals surface area contributed by atoms with E-state index < -0.39 is 5.91 Å². The molecule has 0 saturated carbocycles. The maximum Gasteiger partial charge on any atom is 0.251 e. The Balaban J connectivity index is 1.96. The minimum atomic E-state index is -0.413. The topological polar surface area (TPSA) is 96.5 Å². The summed E-state index contributed by atoms with van der Waals surface area (Å²) in [5.74, 6) is -0.476. The number of ether oxygens (including phenoxy) is 1. The van der Waals surface area contributed by atoms with Crippen LogP contribution in [-0.4, -0.2) is 31.4 Å². The summed E-state index contributed by atoms with van der Waals surface area (Å²) in [7, 11) is 1.52. The number of amides is 3. The van der Waals surface area contributed by atoms with E-state index in [2.05, 4.69) is 16.0 Å². The Morgan fingerprint density at radius 2 is 1.81 bits per heavy atom. The number of hydrogen-bond acceptors (Lipinski definition) is 4. The maximum atomic E-state index is 12.2. The van der Waals surface area contributed by atoms with Gasteiger partial charge in [0.25, 0.3) is 5.91 Å². The van der Waals surface area contributed by atoms with Crippen molar-refractivity contribution in [3.63, 3.8) is 0 Å². The highest BCUT2D eigenvalue weighted by Crippen LogP contribution is 2.24. The van der Waals surface area contributed by atoms with Crippen molar-refractivity contribution in [3.05, 3.63) is 53.6 Å². The van der Waals surface area contributed by atoms with Gasteiger partial charge >= 0.3 is 0 Å². The fourth-order valence-electron chi connectivity index (χ4n) is 2.32. The van der Waals surface area contributed by atoms with Gasteiger partial charge in [-0.3, -0.25) is 14.4 Å². The average molecular weight is 355 g/mol. The highest BCUT2D eigenvalue weighted by molar-refractivity contribution is 6.00. The minimum absolute atomic E-state index is 0.194. The van der Waals surface area contributed by atoms with Crippen LogP contribution in [0.1, 0.15) is 22.8 Å². The van der Waals surface area contributed by atoms with Gasteiger partial charge in [0, 0.05) is 18.2 Å². The van der Waals surface area contributed by atoms with Crippen LogP contribution < -0.4 is 20.7 Å². The molecular weight excluding hydrogens is 334 g/mol. The molecule has 0 aliphatic carbocycles. The largest absolute Gasteiger partial charge is 0.495 e. The number of methoxy groups -OCH3 is 1. The van der Waals surface area contributed by atoms with Gasteiger partial charge in [-0.1, -0.05) is 12.1 Å². The van der Waals surface area contributed by atoms with Crippen molar-refractivity contribution in [2.45, 2.75) is 13.8 Å². The normalized spacial score (nSPS) is 9.96. The molecule has 7 heteroatoms. The number of carbonyl (C=O) groups excluding carboxylic acids is 3. The summed E-state index contributed by atoms with van der Waals surface area (Å²) in [6.45, 7) is 3.09. The molecule has 0 aliphatic heterocycles. The van der Waals surface area contributed by atoms with Crippen LogP contribution in [0.25, 0.3) is 0 Å². The summed E-state index contributed by atoms with van der Waals surface area (Å²) < 4.78 is 5.20. The maximum absolute atomic E-state index is 12.2. The molecule has 2 aromatic rings. The SMILES string of the molecule is COc1ccc(C)cc1NC(=O)CNC(=O)c1cccc(NC(C)=O)c1. The van der Waals surface area contributed by atoms with Crippen molar-refractivity contribution in [2.24, 2.45) is 0 Å². The number of nitrogens with one attached hydrogen (secondary N) is 3. The predicted molar refractivity (Wildman–Crippen MR) is 99.4 cm³/mol. The van der Waals surface area contributed by atoms with Gasteiger partial charge in [-0.2, -0.15) is 0 Å². The van der Waals surface area contributed by atoms with Crippen LogP contribution >= 0.6 is 0 Å². The third-order valence-corrected chi connectivity index (χ3v) is 3.48. The van der Waals surface area contributed by atoms with Crippen molar-refractivity contribution >= 4 is 29.1 Å². The van der Waals surface area contributed by atoms with E-state index >= 15 is 0 Å². The second-order valence-electron chi connectivity index (χ2n) is 5.70. The molecule has 0 unspecified atom stereocenters. The molecule has 0 atom stereocenters. The Kier molecular flexibility index (Phi) is 6.32. The quantitative estimate of drug-likeness (QED) is 0.741. The van der Waals surface area contributed by atoms with Crippen molar-refractivity contribution in [1.29, 1.82) is 0 Å². The number of aryl methyl sites for hydroxylation is 1. The lowest BCUT2D eigenvalue weighted by molar-refractivity contribution is -0.115. The fraction of sp³-hybridized carbons (Fsp3) is 0.211. The number of carbonyl (C=O) groups is 3. The van der Waals surface area contributed by atoms with Crippen LogP contribution in [0.3, 0.4) is 0 Å². The first-order valence-electron chi connectivity index (χ1n) is 7.99. The van der Waals surface area contributed by atoms with Gasteiger partial charge in [0.05, 0.1) is 19.3 Å². The lowest BCUT2D eigenvalue weighted by atomic mass is 10.2. The van der Waals surface area contributed by atoms with E-state index in [0.29, 0.717) is 22.7 Å². The molecule has 2 aromatic carbocycles. The van der Waals surface area contributed by atoms with Gasteiger partial charge in [-0.15, -0.1) is 0 Å². The van der Waals surface area contributed by atoms with E-state index in [0.717, 1.165) is 5.56 Å². The van der Waals surface area contributed by atoms with E-state index in [1.165, 1.54) is 20.1 Å². The van der Waals surface area contributed by atoms with Crippen LogP contribution in [-0.2, 0) is 9.59 Å². The molecule has 26 heavy (non-hydrogen) atoms. The Labute approximate surface area is 151 Å². The molecule has 7 nitrogen and oxygen atoms in total. The zero-order valence-electron chi connectivity index (χ0n) is 14.9. The molecule has 3 amide bonds. The van der Waals surface area contributed by atoms with Crippen molar-refractivity contribution in [1.82, 2.24) is 5.32 Å². The second kappa shape index (κ2) is 8.66. The monoisotopic (exact) mass is 355 g/mol. The standard InChI is InChI=1S/C19H21N3O4/c1-12-7-8-17(26-3)16(9-12)22-18(24)11-20-19(25)14-5-4-6-15(10-14)21-13(2)23/h4-10H,11H2,1-3H3,(H,20,25)(H,21,23)(H,22,24). The van der Waals surface area contributed by atoms with Crippen LogP contribution in [0.15, 0.2) is 42.5 Å². The Hall–Kier alpha value is -3.35. The zero-order valence-corrected chi connectivity index (χ0v) is 14.9. The molecule has 3 N–H and O–H groups in total. The minimum Gasteiger partial charge on any atom is -0.495 e. The zero-order chi connectivity index (χ0) is 19.1. The molecule has 0 aliphatic rings. The first kappa shape index (κ1) is 19.0. The van der Waals surface area contributed by atoms with E-state index in [4.69, 9.17) is 4.74 Å². The Morgan fingerprint density at radius 1 is 1.04 bits per heavy atom. The van der Waals surface area contributed by atoms with Crippen LogP contribution in [0, 0.1) is 6.92 Å². The molecule has 0 heterocycles. The smallest absolute Gasteiger partial charge is 0.251 e. The van der Waals surface area contributed by atoms with Crippen molar-refractivity contribution < 1.29 is 19.1 Å². The first-order valence-corrected chi connectivity index (χ1v) is 7.99. The van der Waals surface area contributed by atoms with E-state index in [1.807, 2.05) is 13.0 Å². The van der Waals surface area contributed by atoms with Crippen molar-refractivity contribution in [2.75, 3.05) is 24.3 Å². The third-order valence-electron chi connectivity index (χ3n) is 3.48. The van der Waals surface area contributed by atoms with E-state index in [1.54, 1.807) is 30.3 Å². The molecule has 0 spiro atoms. The first-order chi connectivity index (χ1) is 12.4. The van der Waals surface area contributed by atoms with Gasteiger partial charge in [0.1, 0.15) is 5.75 Å². The molecule has 0 saturated heterocycles. The fourth-order valence-corrected chi connectivity index (χ4v) is 2.32. The number of benzene rings is 2. The molecule has 0 fully saturated rings. The number of anilines is 2. The summed E-state index contributed by atoms with van der Waals surface area (Å²) in [5, 5.41) is 7.86. The second-order valence-corrected chi connectivity index (χ2v) is 5.70. The molecule has 0 aromatic heterocycles. The van der Waals surface area contributed by atoms with Crippen LogP contribution in [0.4, 0.5) is 11.4 Å². The Bertz CT molecular complexity index is 833. The molecular formula is C19H21N3O4. The number of rotatable bonds is 6. The molecule has 136 valence electrons. The van der Waals surface area contributed by atoms with E-state index in [-0.39, 0.29) is 18.4 Å². The van der Waals surface area contributed by atoms with Crippen LogP contribution in [0.5, 0.6) is 5.75 Å². The van der Waals surface area contributed by atoms with E-state index in [9.17, 15) is 14.4 Å². The molecule has 0 bridgehead atoms. The summed E-state index contributed by atoms with van der Waals surface area (Å²) in [5.41, 5.74) is 2.37. The number of hydrogen-bond donors (Lipinski definition) is 3. The molecule has 0 radical (unpaired) electrons. The highest BCUT2D eigenvalue weighted by atomic mass is 16.5. The van der Waals surface area contributed by atoms with Gasteiger partial charge in [-0.05, 0) is 42.8 Å². The van der Waals surface area contributed by atoms with Gasteiger partial charge in [0.15, 0.2) is 0 Å². The van der Waals surface area contributed by atoms with Gasteiger partial charge < -0.3 is 20.7 Å². The predicted octanol–water partition coefficient (Wildman–Crippen LogP) is 2.33. The van der Waals surface area contributed by atoms with Gasteiger partial charge in [-0.25, -0.2) is 0 Å². The summed E-state index contributed by atoms with van der Waals surface area (Å²) in [6, 6.07) is 11.9. The summed E-state index contributed by atoms with van der Waals surface area (Å²) in [6.07, 6.45) is 0. The van der Waals surface area contributed by atoms with Crippen molar-refractivity contribution in [3.8, 4) is 5.75 Å². The summed E-state index contributed by atoms with van der Waals surface area (Å²) >= 11 is 0. The third kappa shape index (κ3) is 5.34. The lowest BCUT2D eigenvalue weighted by Gasteiger charge is -2.12. The van der Waals surface area contributed by atoms with Crippen LogP contribution in [0.2, 0.25) is 0 Å². The molecule has 2 rings (SSSR count). The highest BCUT2D eigenvalue weighted by Gasteiger charge is 2.11.